The summed E-state index contributed by atoms with van der Waals surface area (Å²) in [6.45, 7) is 4.76. The third-order valence-corrected chi connectivity index (χ3v) is 2.42. The maximum Gasteiger partial charge on any atom is 0.110 e. The standard InChI is InChI=1S/C11H15N3/c1-8-3-4-11-10(5-6-12)13-9(2)14(11)7-8/h3-4,7H,5-6,12H2,1-2H3. The second-order valence-electron chi connectivity index (χ2n) is 3.61. The number of nitrogens with zero attached hydrogens (tertiary/aromatic N) is 2. The van der Waals surface area contributed by atoms with Crippen LogP contribution >= 0.6 is 0 Å². The van der Waals surface area contributed by atoms with Gasteiger partial charge in [-0.3, -0.25) is 0 Å². The summed E-state index contributed by atoms with van der Waals surface area (Å²) >= 11 is 0. The molecule has 0 spiro atoms. The van der Waals surface area contributed by atoms with Gasteiger partial charge in [0.05, 0.1) is 11.2 Å². The molecule has 74 valence electrons. The quantitative estimate of drug-likeness (QED) is 0.777. The van der Waals surface area contributed by atoms with E-state index < -0.39 is 0 Å². The predicted octanol–water partition coefficient (Wildman–Crippen LogP) is 1.45. The first kappa shape index (κ1) is 9.21. The highest BCUT2D eigenvalue weighted by atomic mass is 15.0. The SMILES string of the molecule is Cc1ccc2c(CCN)nc(C)n2c1. The molecule has 0 aliphatic rings. The summed E-state index contributed by atoms with van der Waals surface area (Å²) in [5.41, 5.74) is 9.07. The molecule has 0 saturated heterocycles. The van der Waals surface area contributed by atoms with Crippen LogP contribution in [-0.2, 0) is 6.42 Å². The molecule has 0 unspecified atom stereocenters. The van der Waals surface area contributed by atoms with Crippen LogP contribution in [0.4, 0.5) is 0 Å². The number of pyridine rings is 1. The van der Waals surface area contributed by atoms with Crippen LogP contribution in [0.5, 0.6) is 0 Å². The van der Waals surface area contributed by atoms with E-state index in [1.54, 1.807) is 0 Å². The molecule has 0 aliphatic heterocycles. The Morgan fingerprint density at radius 2 is 2.14 bits per heavy atom. The molecule has 0 bridgehead atoms. The molecule has 2 heterocycles. The predicted molar refractivity (Wildman–Crippen MR) is 57.4 cm³/mol. The van der Waals surface area contributed by atoms with Gasteiger partial charge in [0.1, 0.15) is 5.82 Å². The highest BCUT2D eigenvalue weighted by molar-refractivity contribution is 5.54. The zero-order valence-corrected chi connectivity index (χ0v) is 8.62. The van der Waals surface area contributed by atoms with E-state index in [0.29, 0.717) is 6.54 Å². The maximum absolute atomic E-state index is 5.54. The molecule has 2 aromatic rings. The van der Waals surface area contributed by atoms with Crippen molar-refractivity contribution in [2.24, 2.45) is 5.73 Å². The van der Waals surface area contributed by atoms with Gasteiger partial charge in [-0.1, -0.05) is 6.07 Å². The Morgan fingerprint density at radius 1 is 1.36 bits per heavy atom. The lowest BCUT2D eigenvalue weighted by Crippen LogP contribution is -2.03. The maximum atomic E-state index is 5.54. The molecular weight excluding hydrogens is 174 g/mol. The number of aromatic nitrogens is 2. The summed E-state index contributed by atoms with van der Waals surface area (Å²) < 4.78 is 2.13. The third-order valence-electron chi connectivity index (χ3n) is 2.42. The molecule has 0 aliphatic carbocycles. The van der Waals surface area contributed by atoms with Crippen molar-refractivity contribution < 1.29 is 0 Å². The van der Waals surface area contributed by atoms with E-state index in [0.717, 1.165) is 17.9 Å². The van der Waals surface area contributed by atoms with Gasteiger partial charge in [-0.15, -0.1) is 0 Å². The van der Waals surface area contributed by atoms with Gasteiger partial charge < -0.3 is 10.1 Å². The van der Waals surface area contributed by atoms with Gasteiger partial charge in [0, 0.05) is 12.6 Å². The molecule has 2 rings (SSSR count). The summed E-state index contributed by atoms with van der Waals surface area (Å²) in [4.78, 5) is 4.50. The first-order valence-electron chi connectivity index (χ1n) is 4.86. The van der Waals surface area contributed by atoms with Crippen molar-refractivity contribution in [1.82, 2.24) is 9.38 Å². The van der Waals surface area contributed by atoms with E-state index in [1.807, 2.05) is 6.92 Å². The van der Waals surface area contributed by atoms with Crippen LogP contribution in [0.25, 0.3) is 5.52 Å². The Labute approximate surface area is 83.6 Å². The van der Waals surface area contributed by atoms with Gasteiger partial charge in [0.15, 0.2) is 0 Å². The normalized spacial score (nSPS) is 11.1. The Kier molecular flexibility index (Phi) is 2.25. The number of nitrogens with two attached hydrogens (primary N) is 1. The van der Waals surface area contributed by atoms with Crippen molar-refractivity contribution in [3.8, 4) is 0 Å². The van der Waals surface area contributed by atoms with E-state index in [9.17, 15) is 0 Å². The summed E-state index contributed by atoms with van der Waals surface area (Å²) in [7, 11) is 0. The van der Waals surface area contributed by atoms with E-state index in [-0.39, 0.29) is 0 Å². The molecule has 2 N–H and O–H groups in total. The Balaban J connectivity index is 2.65. The minimum atomic E-state index is 0.653. The van der Waals surface area contributed by atoms with Crippen LogP contribution in [0.15, 0.2) is 18.3 Å². The van der Waals surface area contributed by atoms with Crippen molar-refractivity contribution in [2.45, 2.75) is 20.3 Å². The second kappa shape index (κ2) is 3.42. The monoisotopic (exact) mass is 189 g/mol. The first-order chi connectivity index (χ1) is 6.72. The average molecular weight is 189 g/mol. The van der Waals surface area contributed by atoms with Gasteiger partial charge in [0.25, 0.3) is 0 Å². The zero-order valence-electron chi connectivity index (χ0n) is 8.62. The largest absolute Gasteiger partial charge is 0.330 e. The van der Waals surface area contributed by atoms with Crippen molar-refractivity contribution in [3.63, 3.8) is 0 Å². The Hall–Kier alpha value is -1.35. The van der Waals surface area contributed by atoms with Gasteiger partial charge in [-0.25, -0.2) is 4.98 Å². The molecule has 0 radical (unpaired) electrons. The molecule has 14 heavy (non-hydrogen) atoms. The van der Waals surface area contributed by atoms with Crippen LogP contribution in [0.3, 0.4) is 0 Å². The topological polar surface area (TPSA) is 43.3 Å². The fraction of sp³-hybridized carbons (Fsp3) is 0.364. The smallest absolute Gasteiger partial charge is 0.110 e. The van der Waals surface area contributed by atoms with Crippen LogP contribution in [-0.4, -0.2) is 15.9 Å². The second-order valence-corrected chi connectivity index (χ2v) is 3.61. The van der Waals surface area contributed by atoms with E-state index >= 15 is 0 Å². The van der Waals surface area contributed by atoms with Crippen molar-refractivity contribution >= 4 is 5.52 Å². The summed E-state index contributed by atoms with van der Waals surface area (Å²) in [5.74, 6) is 1.03. The Bertz CT molecular complexity index is 457. The fourth-order valence-electron chi connectivity index (χ4n) is 1.74. The lowest BCUT2D eigenvalue weighted by atomic mass is 10.2. The molecule has 0 fully saturated rings. The van der Waals surface area contributed by atoms with Crippen molar-refractivity contribution in [3.05, 3.63) is 35.4 Å². The van der Waals surface area contributed by atoms with Crippen LogP contribution in [0.2, 0.25) is 0 Å². The average Bonchev–Trinajstić information content (AvgIpc) is 2.44. The van der Waals surface area contributed by atoms with E-state index in [1.165, 1.54) is 11.1 Å². The van der Waals surface area contributed by atoms with Gasteiger partial charge in [-0.05, 0) is 32.0 Å². The molecule has 0 aromatic carbocycles. The van der Waals surface area contributed by atoms with Gasteiger partial charge in [-0.2, -0.15) is 0 Å². The van der Waals surface area contributed by atoms with Gasteiger partial charge >= 0.3 is 0 Å². The number of aryl methyl sites for hydroxylation is 2. The van der Waals surface area contributed by atoms with E-state index in [2.05, 4.69) is 34.6 Å². The molecule has 3 heteroatoms. The summed E-state index contributed by atoms with van der Waals surface area (Å²) in [5, 5.41) is 0. The van der Waals surface area contributed by atoms with Crippen LogP contribution < -0.4 is 5.73 Å². The number of rotatable bonds is 2. The van der Waals surface area contributed by atoms with E-state index in [4.69, 9.17) is 5.73 Å². The number of hydrogen-bond donors (Lipinski definition) is 1. The highest BCUT2D eigenvalue weighted by Gasteiger charge is 2.06. The fourth-order valence-corrected chi connectivity index (χ4v) is 1.74. The molecule has 0 atom stereocenters. The Morgan fingerprint density at radius 3 is 2.86 bits per heavy atom. The van der Waals surface area contributed by atoms with Crippen molar-refractivity contribution in [2.75, 3.05) is 6.54 Å². The molecule has 0 amide bonds. The number of fused-ring (bicyclic) bond motifs is 1. The molecule has 3 nitrogen and oxygen atoms in total. The van der Waals surface area contributed by atoms with Crippen LogP contribution in [0.1, 0.15) is 17.1 Å². The van der Waals surface area contributed by atoms with Gasteiger partial charge in [0.2, 0.25) is 0 Å². The third kappa shape index (κ3) is 1.40. The highest BCUT2D eigenvalue weighted by Crippen LogP contribution is 2.14. The minimum absolute atomic E-state index is 0.653. The van der Waals surface area contributed by atoms with Crippen molar-refractivity contribution in [1.29, 1.82) is 0 Å². The number of imidazole rings is 1. The molecular formula is C11H15N3. The van der Waals surface area contributed by atoms with Crippen LogP contribution in [0, 0.1) is 13.8 Å². The molecule has 0 saturated carbocycles. The minimum Gasteiger partial charge on any atom is -0.330 e. The first-order valence-corrected chi connectivity index (χ1v) is 4.86. The lowest BCUT2D eigenvalue weighted by Gasteiger charge is -1.98. The summed E-state index contributed by atoms with van der Waals surface area (Å²) in [6.07, 6.45) is 2.96. The zero-order chi connectivity index (χ0) is 10.1. The summed E-state index contributed by atoms with van der Waals surface area (Å²) in [6, 6.07) is 4.22. The number of hydrogen-bond acceptors (Lipinski definition) is 2. The molecule has 2 aromatic heterocycles. The lowest BCUT2D eigenvalue weighted by molar-refractivity contribution is 0.933.